The minimum Gasteiger partial charge on any atom is -0.271 e. The van der Waals surface area contributed by atoms with E-state index in [0.717, 1.165) is 30.0 Å². The monoisotopic (exact) mass is 277 g/mol. The largest absolute Gasteiger partial charge is 0.271 e. The van der Waals surface area contributed by atoms with Crippen LogP contribution in [0.5, 0.6) is 0 Å². The van der Waals surface area contributed by atoms with E-state index in [1.165, 1.54) is 32.1 Å². The summed E-state index contributed by atoms with van der Waals surface area (Å²) in [4.78, 5) is 4.40. The molecule has 2 aliphatic rings. The first kappa shape index (κ1) is 14.0. The molecule has 2 bridgehead atoms. The second kappa shape index (κ2) is 5.82. The summed E-state index contributed by atoms with van der Waals surface area (Å²) in [6, 6.07) is 0.675. The highest BCUT2D eigenvalue weighted by molar-refractivity contribution is 4.95. The molecule has 2 aliphatic carbocycles. The summed E-state index contributed by atoms with van der Waals surface area (Å²) in [7, 11) is 0. The van der Waals surface area contributed by atoms with Crippen LogP contribution in [0, 0.1) is 17.8 Å². The standard InChI is InChI=1S/C15H27N5/c1-10(2)20-15(17-9-18-20)8-14(19-16)7-13-6-11-3-4-12(13)5-11/h9-14,19H,3-8,16H2,1-2H3. The van der Waals surface area contributed by atoms with Crippen molar-refractivity contribution >= 4 is 0 Å². The fourth-order valence-corrected chi connectivity index (χ4v) is 4.31. The van der Waals surface area contributed by atoms with Gasteiger partial charge < -0.3 is 0 Å². The normalized spacial score (nSPS) is 30.3. The van der Waals surface area contributed by atoms with E-state index in [9.17, 15) is 0 Å². The maximum Gasteiger partial charge on any atom is 0.138 e. The van der Waals surface area contributed by atoms with Crippen LogP contribution >= 0.6 is 0 Å². The molecule has 0 aromatic carbocycles. The average molecular weight is 277 g/mol. The Morgan fingerprint density at radius 2 is 2.25 bits per heavy atom. The van der Waals surface area contributed by atoms with Crippen LogP contribution in [0.25, 0.3) is 0 Å². The Bertz CT molecular complexity index is 441. The van der Waals surface area contributed by atoms with E-state index in [-0.39, 0.29) is 0 Å². The molecule has 0 aliphatic heterocycles. The first-order chi connectivity index (χ1) is 9.67. The van der Waals surface area contributed by atoms with Gasteiger partial charge in [-0.2, -0.15) is 5.10 Å². The number of rotatable bonds is 6. The van der Waals surface area contributed by atoms with Gasteiger partial charge in [0.1, 0.15) is 12.2 Å². The predicted molar refractivity (Wildman–Crippen MR) is 78.8 cm³/mol. The molecule has 2 saturated carbocycles. The highest BCUT2D eigenvalue weighted by atomic mass is 15.3. The van der Waals surface area contributed by atoms with E-state index in [2.05, 4.69) is 29.4 Å². The third-order valence-corrected chi connectivity index (χ3v) is 5.27. The Labute approximate surface area is 121 Å². The molecule has 0 radical (unpaired) electrons. The molecule has 1 heterocycles. The van der Waals surface area contributed by atoms with Gasteiger partial charge in [-0.05, 0) is 57.3 Å². The summed E-state index contributed by atoms with van der Waals surface area (Å²) in [5.74, 6) is 9.66. The zero-order valence-corrected chi connectivity index (χ0v) is 12.6. The lowest BCUT2D eigenvalue weighted by Crippen LogP contribution is -2.39. The van der Waals surface area contributed by atoms with Crippen LogP contribution < -0.4 is 11.3 Å². The van der Waals surface area contributed by atoms with Crippen molar-refractivity contribution < 1.29 is 0 Å². The van der Waals surface area contributed by atoms with E-state index < -0.39 is 0 Å². The van der Waals surface area contributed by atoms with Crippen molar-refractivity contribution in [3.63, 3.8) is 0 Å². The minimum atomic E-state index is 0.320. The second-order valence-corrected chi connectivity index (χ2v) is 6.95. The van der Waals surface area contributed by atoms with Crippen LogP contribution in [0.3, 0.4) is 0 Å². The van der Waals surface area contributed by atoms with Crippen LogP contribution in [0.4, 0.5) is 0 Å². The van der Waals surface area contributed by atoms with E-state index in [1.54, 1.807) is 6.33 Å². The molecule has 112 valence electrons. The van der Waals surface area contributed by atoms with Crippen LogP contribution in [0.15, 0.2) is 6.33 Å². The number of aromatic nitrogens is 3. The van der Waals surface area contributed by atoms with Gasteiger partial charge in [0.15, 0.2) is 0 Å². The van der Waals surface area contributed by atoms with Crippen LogP contribution in [-0.2, 0) is 6.42 Å². The third-order valence-electron chi connectivity index (χ3n) is 5.27. The quantitative estimate of drug-likeness (QED) is 0.617. The molecule has 4 atom stereocenters. The number of hydrazine groups is 1. The van der Waals surface area contributed by atoms with Gasteiger partial charge in [-0.15, -0.1) is 0 Å². The molecule has 0 amide bonds. The van der Waals surface area contributed by atoms with Crippen molar-refractivity contribution in [1.82, 2.24) is 20.2 Å². The van der Waals surface area contributed by atoms with E-state index in [1.807, 2.05) is 4.68 Å². The Kier molecular flexibility index (Phi) is 4.08. The molecule has 3 N–H and O–H groups in total. The lowest BCUT2D eigenvalue weighted by Gasteiger charge is -2.26. The maximum absolute atomic E-state index is 5.78. The molecular formula is C15H27N5. The molecule has 1 aromatic heterocycles. The summed E-state index contributed by atoms with van der Waals surface area (Å²) in [5.41, 5.74) is 3.01. The first-order valence-corrected chi connectivity index (χ1v) is 8.01. The molecule has 3 rings (SSSR count). The van der Waals surface area contributed by atoms with E-state index in [4.69, 9.17) is 5.84 Å². The number of nitrogens with two attached hydrogens (primary N) is 1. The lowest BCUT2D eigenvalue weighted by molar-refractivity contribution is 0.274. The van der Waals surface area contributed by atoms with Gasteiger partial charge in [-0.25, -0.2) is 9.67 Å². The van der Waals surface area contributed by atoms with E-state index in [0.29, 0.717) is 12.1 Å². The Morgan fingerprint density at radius 3 is 2.85 bits per heavy atom. The molecule has 5 heteroatoms. The highest BCUT2D eigenvalue weighted by Crippen LogP contribution is 2.49. The predicted octanol–water partition coefficient (Wildman–Crippen LogP) is 2.06. The van der Waals surface area contributed by atoms with Gasteiger partial charge in [0, 0.05) is 18.5 Å². The molecule has 1 aromatic rings. The first-order valence-electron chi connectivity index (χ1n) is 8.01. The summed E-state index contributed by atoms with van der Waals surface area (Å²) in [5, 5.41) is 4.31. The minimum absolute atomic E-state index is 0.320. The van der Waals surface area contributed by atoms with Crippen LogP contribution in [0.2, 0.25) is 0 Å². The Balaban J connectivity index is 1.61. The smallest absolute Gasteiger partial charge is 0.138 e. The molecule has 5 nitrogen and oxygen atoms in total. The van der Waals surface area contributed by atoms with Crippen molar-refractivity contribution in [3.8, 4) is 0 Å². The van der Waals surface area contributed by atoms with Crippen molar-refractivity contribution in [1.29, 1.82) is 0 Å². The number of nitrogens with zero attached hydrogens (tertiary/aromatic N) is 3. The number of fused-ring (bicyclic) bond motifs is 2. The fraction of sp³-hybridized carbons (Fsp3) is 0.867. The van der Waals surface area contributed by atoms with Gasteiger partial charge >= 0.3 is 0 Å². The van der Waals surface area contributed by atoms with Crippen molar-refractivity contribution in [3.05, 3.63) is 12.2 Å². The summed E-state index contributed by atoms with van der Waals surface area (Å²) in [6.07, 6.45) is 9.49. The summed E-state index contributed by atoms with van der Waals surface area (Å²) < 4.78 is 2.01. The number of hydrogen-bond donors (Lipinski definition) is 2. The van der Waals surface area contributed by atoms with Gasteiger partial charge in [0.05, 0.1) is 0 Å². The average Bonchev–Trinajstić information content (AvgIpc) is 3.13. The lowest BCUT2D eigenvalue weighted by atomic mass is 9.83. The highest BCUT2D eigenvalue weighted by Gasteiger charge is 2.40. The molecule has 20 heavy (non-hydrogen) atoms. The molecule has 0 spiro atoms. The summed E-state index contributed by atoms with van der Waals surface area (Å²) >= 11 is 0. The van der Waals surface area contributed by atoms with Crippen molar-refractivity contribution in [2.75, 3.05) is 0 Å². The second-order valence-electron chi connectivity index (χ2n) is 6.95. The van der Waals surface area contributed by atoms with Gasteiger partial charge in [-0.1, -0.05) is 6.42 Å². The Morgan fingerprint density at radius 1 is 1.40 bits per heavy atom. The van der Waals surface area contributed by atoms with Crippen molar-refractivity contribution in [2.45, 2.75) is 64.5 Å². The van der Waals surface area contributed by atoms with E-state index >= 15 is 0 Å². The molecule has 0 saturated heterocycles. The molecule has 2 fully saturated rings. The van der Waals surface area contributed by atoms with Gasteiger partial charge in [-0.3, -0.25) is 11.3 Å². The SMILES string of the molecule is CC(C)n1ncnc1CC(CC1CC2CCC1C2)NN. The zero-order chi connectivity index (χ0) is 14.1. The maximum atomic E-state index is 5.78. The zero-order valence-electron chi connectivity index (χ0n) is 12.6. The van der Waals surface area contributed by atoms with Crippen LogP contribution in [0.1, 0.15) is 57.8 Å². The van der Waals surface area contributed by atoms with Gasteiger partial charge in [0.2, 0.25) is 0 Å². The molecule has 4 unspecified atom stereocenters. The third kappa shape index (κ3) is 2.74. The Hall–Kier alpha value is -0.940. The van der Waals surface area contributed by atoms with Crippen molar-refractivity contribution in [2.24, 2.45) is 23.6 Å². The van der Waals surface area contributed by atoms with Gasteiger partial charge in [0.25, 0.3) is 0 Å². The van der Waals surface area contributed by atoms with Crippen LogP contribution in [-0.4, -0.2) is 20.8 Å². The topological polar surface area (TPSA) is 68.8 Å². The fourth-order valence-electron chi connectivity index (χ4n) is 4.31. The summed E-state index contributed by atoms with van der Waals surface area (Å²) in [6.45, 7) is 4.28. The number of nitrogens with one attached hydrogen (secondary N) is 1. The number of hydrogen-bond acceptors (Lipinski definition) is 4. The molecular weight excluding hydrogens is 250 g/mol.